The topological polar surface area (TPSA) is 41.6 Å². The lowest BCUT2D eigenvalue weighted by Crippen LogP contribution is -2.60. The van der Waals surface area contributed by atoms with Gasteiger partial charge < -0.3 is 15.0 Å². The summed E-state index contributed by atoms with van der Waals surface area (Å²) >= 11 is 0. The van der Waals surface area contributed by atoms with E-state index >= 15 is 0 Å². The van der Waals surface area contributed by atoms with Gasteiger partial charge in [-0.3, -0.25) is 0 Å². The lowest BCUT2D eigenvalue weighted by Gasteiger charge is -2.37. The van der Waals surface area contributed by atoms with E-state index in [0.717, 1.165) is 19.5 Å². The van der Waals surface area contributed by atoms with Gasteiger partial charge >= 0.3 is 6.09 Å². The van der Waals surface area contributed by atoms with Crippen molar-refractivity contribution in [2.45, 2.75) is 44.9 Å². The minimum absolute atomic E-state index is 0.161. The summed E-state index contributed by atoms with van der Waals surface area (Å²) in [4.78, 5) is 13.6. The Bertz CT molecular complexity index is 247. The van der Waals surface area contributed by atoms with Crippen LogP contribution in [0.1, 0.15) is 27.2 Å². The van der Waals surface area contributed by atoms with Crippen molar-refractivity contribution in [3.05, 3.63) is 0 Å². The van der Waals surface area contributed by atoms with Crippen molar-refractivity contribution in [1.29, 1.82) is 0 Å². The Kier molecular flexibility index (Phi) is 2.18. The molecule has 0 saturated carbocycles. The summed E-state index contributed by atoms with van der Waals surface area (Å²) in [6.45, 7) is 7.45. The van der Waals surface area contributed by atoms with Gasteiger partial charge in [0, 0.05) is 19.1 Å². The molecule has 0 bridgehead atoms. The number of nitrogens with one attached hydrogen (secondary N) is 1. The van der Waals surface area contributed by atoms with Crippen LogP contribution in [0.2, 0.25) is 0 Å². The smallest absolute Gasteiger partial charge is 0.410 e. The molecule has 4 nitrogen and oxygen atoms in total. The van der Waals surface area contributed by atoms with Crippen LogP contribution in [-0.2, 0) is 4.74 Å². The van der Waals surface area contributed by atoms with E-state index < -0.39 is 0 Å². The second-order valence-electron chi connectivity index (χ2n) is 5.04. The summed E-state index contributed by atoms with van der Waals surface area (Å²) in [7, 11) is 0. The molecule has 2 heterocycles. The van der Waals surface area contributed by atoms with E-state index in [0.29, 0.717) is 12.1 Å². The van der Waals surface area contributed by atoms with E-state index in [4.69, 9.17) is 4.74 Å². The minimum Gasteiger partial charge on any atom is -0.444 e. The SMILES string of the molecule is CC(C)(C)OC(=O)N1CC[C@@H]2NC[C@@H]21. The van der Waals surface area contributed by atoms with Crippen LogP contribution in [0, 0.1) is 0 Å². The Morgan fingerprint density at radius 2 is 2.21 bits per heavy atom. The van der Waals surface area contributed by atoms with Crippen molar-refractivity contribution in [3.63, 3.8) is 0 Å². The first kappa shape index (κ1) is 9.77. The predicted molar refractivity (Wildman–Crippen MR) is 53.1 cm³/mol. The fraction of sp³-hybridized carbons (Fsp3) is 0.900. The monoisotopic (exact) mass is 198 g/mol. The van der Waals surface area contributed by atoms with Crippen LogP contribution >= 0.6 is 0 Å². The average molecular weight is 198 g/mol. The molecule has 0 aromatic rings. The molecule has 2 atom stereocenters. The lowest BCUT2D eigenvalue weighted by molar-refractivity contribution is 0.0171. The number of fused-ring (bicyclic) bond motifs is 1. The highest BCUT2D eigenvalue weighted by molar-refractivity contribution is 5.69. The normalized spacial score (nSPS) is 30.9. The largest absolute Gasteiger partial charge is 0.444 e. The summed E-state index contributed by atoms with van der Waals surface area (Å²) in [5.74, 6) is 0. The van der Waals surface area contributed by atoms with Gasteiger partial charge in [0.25, 0.3) is 0 Å². The standard InChI is InChI=1S/C10H18N2O2/c1-10(2,3)14-9(13)12-5-4-7-8(12)6-11-7/h7-8,11H,4-6H2,1-3H3/t7-,8-/m0/s1. The summed E-state index contributed by atoms with van der Waals surface area (Å²) < 4.78 is 5.33. The molecule has 2 saturated heterocycles. The van der Waals surface area contributed by atoms with Gasteiger partial charge in [0.05, 0.1) is 6.04 Å². The van der Waals surface area contributed by atoms with Gasteiger partial charge in [-0.2, -0.15) is 0 Å². The highest BCUT2D eigenvalue weighted by Crippen LogP contribution is 2.25. The maximum Gasteiger partial charge on any atom is 0.410 e. The van der Waals surface area contributed by atoms with Crippen LogP contribution in [-0.4, -0.2) is 41.8 Å². The third-order valence-electron chi connectivity index (χ3n) is 2.76. The fourth-order valence-electron chi connectivity index (χ4n) is 2.00. The van der Waals surface area contributed by atoms with E-state index in [1.54, 1.807) is 0 Å². The van der Waals surface area contributed by atoms with Crippen molar-refractivity contribution in [1.82, 2.24) is 10.2 Å². The van der Waals surface area contributed by atoms with Crippen LogP contribution in [0.4, 0.5) is 4.79 Å². The zero-order valence-corrected chi connectivity index (χ0v) is 9.04. The molecule has 4 heteroatoms. The number of rotatable bonds is 0. The van der Waals surface area contributed by atoms with Gasteiger partial charge in [-0.15, -0.1) is 0 Å². The molecule has 0 aliphatic carbocycles. The molecule has 2 aliphatic heterocycles. The quantitative estimate of drug-likeness (QED) is 0.630. The fourth-order valence-corrected chi connectivity index (χ4v) is 2.00. The lowest BCUT2D eigenvalue weighted by atomic mass is 10.0. The van der Waals surface area contributed by atoms with Crippen LogP contribution in [0.5, 0.6) is 0 Å². The first-order chi connectivity index (χ1) is 6.47. The number of amides is 1. The number of likely N-dealkylation sites (tertiary alicyclic amines) is 1. The molecule has 0 radical (unpaired) electrons. The van der Waals surface area contributed by atoms with Crippen molar-refractivity contribution >= 4 is 6.09 Å². The number of hydrogen-bond donors (Lipinski definition) is 1. The number of nitrogens with zero attached hydrogens (tertiary/aromatic N) is 1. The molecule has 80 valence electrons. The van der Waals surface area contributed by atoms with Crippen molar-refractivity contribution in [2.24, 2.45) is 0 Å². The molecule has 0 aromatic carbocycles. The average Bonchev–Trinajstić information content (AvgIpc) is 2.22. The molecule has 0 unspecified atom stereocenters. The van der Waals surface area contributed by atoms with Gasteiger partial charge in [-0.25, -0.2) is 4.79 Å². The minimum atomic E-state index is -0.383. The van der Waals surface area contributed by atoms with E-state index in [1.807, 2.05) is 25.7 Å². The van der Waals surface area contributed by atoms with Gasteiger partial charge in [0.15, 0.2) is 0 Å². The molecule has 2 fully saturated rings. The summed E-state index contributed by atoms with van der Waals surface area (Å²) in [6.07, 6.45) is 0.899. The van der Waals surface area contributed by atoms with E-state index in [1.165, 1.54) is 0 Å². The molecule has 1 amide bonds. The zero-order valence-electron chi connectivity index (χ0n) is 9.04. The van der Waals surface area contributed by atoms with Crippen LogP contribution < -0.4 is 5.32 Å². The second kappa shape index (κ2) is 3.12. The van der Waals surface area contributed by atoms with Gasteiger partial charge in [0.2, 0.25) is 0 Å². The van der Waals surface area contributed by atoms with Gasteiger partial charge in [-0.1, -0.05) is 0 Å². The molecule has 2 rings (SSSR count). The Labute approximate surface area is 84.6 Å². The Hall–Kier alpha value is -0.770. The Morgan fingerprint density at radius 3 is 2.64 bits per heavy atom. The van der Waals surface area contributed by atoms with E-state index in [2.05, 4.69) is 5.32 Å². The molecule has 0 aromatic heterocycles. The third-order valence-corrected chi connectivity index (χ3v) is 2.76. The molecule has 2 aliphatic rings. The maximum absolute atomic E-state index is 11.7. The van der Waals surface area contributed by atoms with Crippen LogP contribution in [0.15, 0.2) is 0 Å². The maximum atomic E-state index is 11.7. The molecular formula is C10H18N2O2. The highest BCUT2D eigenvalue weighted by atomic mass is 16.6. The molecule has 14 heavy (non-hydrogen) atoms. The van der Waals surface area contributed by atoms with Crippen LogP contribution in [0.3, 0.4) is 0 Å². The molecule has 1 N–H and O–H groups in total. The van der Waals surface area contributed by atoms with Crippen molar-refractivity contribution < 1.29 is 9.53 Å². The first-order valence-electron chi connectivity index (χ1n) is 5.20. The second-order valence-corrected chi connectivity index (χ2v) is 5.04. The van der Waals surface area contributed by atoms with E-state index in [9.17, 15) is 4.79 Å². The molecule has 0 spiro atoms. The summed E-state index contributed by atoms with van der Waals surface area (Å²) in [6, 6.07) is 0.896. The summed E-state index contributed by atoms with van der Waals surface area (Å²) in [5, 5.41) is 3.31. The zero-order chi connectivity index (χ0) is 10.3. The first-order valence-corrected chi connectivity index (χ1v) is 5.20. The highest BCUT2D eigenvalue weighted by Gasteiger charge is 2.44. The Morgan fingerprint density at radius 1 is 1.50 bits per heavy atom. The van der Waals surface area contributed by atoms with Crippen molar-refractivity contribution in [2.75, 3.05) is 13.1 Å². The third kappa shape index (κ3) is 1.71. The van der Waals surface area contributed by atoms with Crippen molar-refractivity contribution in [3.8, 4) is 0 Å². The summed E-state index contributed by atoms with van der Waals surface area (Å²) in [5.41, 5.74) is -0.383. The van der Waals surface area contributed by atoms with E-state index in [-0.39, 0.29) is 11.7 Å². The number of ether oxygens (including phenoxy) is 1. The Balaban J connectivity index is 1.92. The number of hydrogen-bond acceptors (Lipinski definition) is 3. The van der Waals surface area contributed by atoms with Crippen LogP contribution in [0.25, 0.3) is 0 Å². The number of carbonyl (C=O) groups is 1. The number of carbonyl (C=O) groups excluding carboxylic acids is 1. The predicted octanol–water partition coefficient (Wildman–Crippen LogP) is 0.968. The molecular weight excluding hydrogens is 180 g/mol. The van der Waals surface area contributed by atoms with Gasteiger partial charge in [-0.05, 0) is 27.2 Å². The van der Waals surface area contributed by atoms with Gasteiger partial charge in [0.1, 0.15) is 5.60 Å².